The van der Waals surface area contributed by atoms with Gasteiger partial charge < -0.3 is 20.1 Å². The number of rotatable bonds is 2. The topological polar surface area (TPSA) is 76.7 Å². The molecule has 3 unspecified atom stereocenters. The summed E-state index contributed by atoms with van der Waals surface area (Å²) in [5.74, 6) is 0.899. The van der Waals surface area contributed by atoms with E-state index in [2.05, 4.69) is 10.6 Å². The molecule has 0 radical (unpaired) electrons. The lowest BCUT2D eigenvalue weighted by Crippen LogP contribution is -2.51. The molecule has 6 nitrogen and oxygen atoms in total. The summed E-state index contributed by atoms with van der Waals surface area (Å²) in [4.78, 5) is 23.3. The Morgan fingerprint density at radius 2 is 2.00 bits per heavy atom. The van der Waals surface area contributed by atoms with Crippen molar-refractivity contribution in [1.29, 1.82) is 0 Å². The van der Waals surface area contributed by atoms with Gasteiger partial charge in [0.15, 0.2) is 11.5 Å². The van der Waals surface area contributed by atoms with Gasteiger partial charge in [-0.25, -0.2) is 0 Å². The van der Waals surface area contributed by atoms with Crippen LogP contribution >= 0.6 is 0 Å². The van der Waals surface area contributed by atoms with Crippen molar-refractivity contribution < 1.29 is 19.1 Å². The molecule has 2 amide bonds. The van der Waals surface area contributed by atoms with Crippen LogP contribution in [0.5, 0.6) is 11.5 Å². The average molecular weight is 276 g/mol. The average Bonchev–Trinajstić information content (AvgIpc) is 2.83. The largest absolute Gasteiger partial charge is 0.482 e. The molecule has 1 aromatic rings. The van der Waals surface area contributed by atoms with Crippen LogP contribution in [0.15, 0.2) is 24.3 Å². The quantitative estimate of drug-likeness (QED) is 0.810. The zero-order valence-electron chi connectivity index (χ0n) is 11.1. The van der Waals surface area contributed by atoms with Gasteiger partial charge in [0, 0.05) is 13.0 Å². The Kier molecular flexibility index (Phi) is 3.22. The van der Waals surface area contributed by atoms with Gasteiger partial charge in [-0.3, -0.25) is 9.59 Å². The fourth-order valence-electron chi connectivity index (χ4n) is 2.40. The first-order valence-electron chi connectivity index (χ1n) is 6.63. The molecule has 2 N–H and O–H groups in total. The summed E-state index contributed by atoms with van der Waals surface area (Å²) < 4.78 is 11.4. The minimum absolute atomic E-state index is 0.0468. The van der Waals surface area contributed by atoms with E-state index in [0.717, 1.165) is 0 Å². The summed E-state index contributed by atoms with van der Waals surface area (Å²) in [6.45, 7) is 2.25. The van der Waals surface area contributed by atoms with Gasteiger partial charge in [0.25, 0.3) is 5.91 Å². The van der Waals surface area contributed by atoms with Crippen LogP contribution in [0.3, 0.4) is 0 Å². The van der Waals surface area contributed by atoms with Crippen LogP contribution in [0.25, 0.3) is 0 Å². The van der Waals surface area contributed by atoms with Crippen molar-refractivity contribution in [1.82, 2.24) is 10.6 Å². The second kappa shape index (κ2) is 5.03. The number of hydrogen-bond donors (Lipinski definition) is 2. The lowest BCUT2D eigenvalue weighted by Gasteiger charge is -2.31. The van der Waals surface area contributed by atoms with E-state index in [-0.39, 0.29) is 24.0 Å². The van der Waals surface area contributed by atoms with Crippen LogP contribution in [0.4, 0.5) is 0 Å². The highest BCUT2D eigenvalue weighted by molar-refractivity contribution is 5.85. The van der Waals surface area contributed by atoms with Crippen molar-refractivity contribution >= 4 is 11.8 Å². The number of carbonyl (C=O) groups excluding carboxylic acids is 2. The zero-order valence-corrected chi connectivity index (χ0v) is 11.1. The molecule has 0 bridgehead atoms. The Balaban J connectivity index is 1.68. The first-order valence-corrected chi connectivity index (χ1v) is 6.63. The third kappa shape index (κ3) is 2.41. The van der Waals surface area contributed by atoms with Gasteiger partial charge in [-0.1, -0.05) is 12.1 Å². The third-order valence-electron chi connectivity index (χ3n) is 3.42. The molecule has 106 valence electrons. The summed E-state index contributed by atoms with van der Waals surface area (Å²) in [7, 11) is 0. The smallest absolute Gasteiger partial charge is 0.265 e. The molecule has 0 aromatic heterocycles. The van der Waals surface area contributed by atoms with Crippen LogP contribution in [-0.2, 0) is 9.59 Å². The van der Waals surface area contributed by atoms with E-state index < -0.39 is 6.10 Å². The molecule has 2 aliphatic heterocycles. The van der Waals surface area contributed by atoms with Crippen LogP contribution < -0.4 is 20.1 Å². The number of carbonyl (C=O) groups is 2. The van der Waals surface area contributed by atoms with Gasteiger partial charge in [-0.15, -0.1) is 0 Å². The fraction of sp³-hybridized carbons (Fsp3) is 0.429. The predicted octanol–water partition coefficient (Wildman–Crippen LogP) is 0.220. The minimum atomic E-state index is -0.708. The van der Waals surface area contributed by atoms with E-state index in [4.69, 9.17) is 9.47 Å². The summed E-state index contributed by atoms with van der Waals surface area (Å²) >= 11 is 0. The molecular formula is C14H16N2O4. The third-order valence-corrected chi connectivity index (χ3v) is 3.42. The van der Waals surface area contributed by atoms with Crippen LogP contribution in [0.2, 0.25) is 0 Å². The Morgan fingerprint density at radius 1 is 1.30 bits per heavy atom. The number of nitrogens with one attached hydrogen (secondary N) is 2. The monoisotopic (exact) mass is 276 g/mol. The molecule has 20 heavy (non-hydrogen) atoms. The maximum atomic E-state index is 12.2. The van der Waals surface area contributed by atoms with Gasteiger partial charge in [-0.05, 0) is 19.1 Å². The second-order valence-corrected chi connectivity index (χ2v) is 5.02. The molecule has 0 spiro atoms. The highest BCUT2D eigenvalue weighted by Crippen LogP contribution is 2.33. The molecule has 1 saturated heterocycles. The summed E-state index contributed by atoms with van der Waals surface area (Å²) in [5, 5.41) is 5.49. The number of hydrogen-bond acceptors (Lipinski definition) is 4. The lowest BCUT2D eigenvalue weighted by atomic mass is 10.1. The van der Waals surface area contributed by atoms with Crippen LogP contribution in [0.1, 0.15) is 13.3 Å². The molecule has 6 heteroatoms. The Hall–Kier alpha value is -2.24. The molecule has 3 atom stereocenters. The number of ether oxygens (including phenoxy) is 2. The first-order chi connectivity index (χ1) is 9.63. The summed E-state index contributed by atoms with van der Waals surface area (Å²) in [6, 6.07) is 7.07. The molecule has 0 saturated carbocycles. The van der Waals surface area contributed by atoms with E-state index in [1.807, 2.05) is 12.1 Å². The van der Waals surface area contributed by atoms with E-state index in [0.29, 0.717) is 24.5 Å². The van der Waals surface area contributed by atoms with Gasteiger partial charge in [0.05, 0.1) is 6.04 Å². The maximum Gasteiger partial charge on any atom is 0.265 e. The maximum absolute atomic E-state index is 12.2. The van der Waals surface area contributed by atoms with Crippen molar-refractivity contribution in [3.05, 3.63) is 24.3 Å². The molecule has 2 aliphatic rings. The second-order valence-electron chi connectivity index (χ2n) is 5.02. The normalized spacial score (nSPS) is 27.9. The van der Waals surface area contributed by atoms with E-state index in [9.17, 15) is 9.59 Å². The minimum Gasteiger partial charge on any atom is -0.482 e. The van der Waals surface area contributed by atoms with E-state index >= 15 is 0 Å². The van der Waals surface area contributed by atoms with Gasteiger partial charge in [0.1, 0.15) is 6.10 Å². The number of para-hydroxylation sites is 2. The SMILES string of the molecule is CC1Oc2ccccc2OC1C(=O)NC1CNC(=O)C1. The highest BCUT2D eigenvalue weighted by atomic mass is 16.6. The van der Waals surface area contributed by atoms with Gasteiger partial charge in [-0.2, -0.15) is 0 Å². The van der Waals surface area contributed by atoms with Crippen molar-refractivity contribution in [3.63, 3.8) is 0 Å². The van der Waals surface area contributed by atoms with Crippen molar-refractivity contribution in [3.8, 4) is 11.5 Å². The molecule has 0 aliphatic carbocycles. The molecule has 1 aromatic carbocycles. The standard InChI is InChI=1S/C14H16N2O4/c1-8-13(14(18)16-9-6-12(17)15-7-9)20-11-5-3-2-4-10(11)19-8/h2-5,8-9,13H,6-7H2,1H3,(H,15,17)(H,16,18). The van der Waals surface area contributed by atoms with E-state index in [1.165, 1.54) is 0 Å². The highest BCUT2D eigenvalue weighted by Gasteiger charge is 2.35. The zero-order chi connectivity index (χ0) is 14.1. The first kappa shape index (κ1) is 12.8. The van der Waals surface area contributed by atoms with Gasteiger partial charge >= 0.3 is 0 Å². The van der Waals surface area contributed by atoms with Crippen molar-refractivity contribution in [2.75, 3.05) is 6.54 Å². The molecule has 1 fully saturated rings. The lowest BCUT2D eigenvalue weighted by molar-refractivity contribution is -0.134. The van der Waals surface area contributed by atoms with Crippen LogP contribution in [-0.4, -0.2) is 36.6 Å². The van der Waals surface area contributed by atoms with E-state index in [1.54, 1.807) is 19.1 Å². The molecule has 2 heterocycles. The predicted molar refractivity (Wildman–Crippen MR) is 70.5 cm³/mol. The molecular weight excluding hydrogens is 260 g/mol. The molecule has 3 rings (SSSR count). The number of benzene rings is 1. The number of fused-ring (bicyclic) bond motifs is 1. The Labute approximate surface area is 116 Å². The summed E-state index contributed by atoms with van der Waals surface area (Å²) in [6.07, 6.45) is -0.778. The van der Waals surface area contributed by atoms with Gasteiger partial charge in [0.2, 0.25) is 12.0 Å². The van der Waals surface area contributed by atoms with Crippen LogP contribution in [0, 0.1) is 0 Å². The van der Waals surface area contributed by atoms with Crippen molar-refractivity contribution in [2.24, 2.45) is 0 Å². The van der Waals surface area contributed by atoms with Crippen molar-refractivity contribution in [2.45, 2.75) is 31.6 Å². The Morgan fingerprint density at radius 3 is 2.65 bits per heavy atom. The number of amides is 2. The Bertz CT molecular complexity index is 546. The summed E-state index contributed by atoms with van der Waals surface area (Å²) in [5.41, 5.74) is 0. The fourth-order valence-corrected chi connectivity index (χ4v) is 2.40.